The first kappa shape index (κ1) is 17.0. The maximum Gasteiger partial charge on any atom is 0.319 e. The Kier molecular flexibility index (Phi) is 6.39. The van der Waals surface area contributed by atoms with Gasteiger partial charge in [0.15, 0.2) is 0 Å². The molecule has 1 fully saturated rings. The summed E-state index contributed by atoms with van der Waals surface area (Å²) in [5.41, 5.74) is 3.15. The van der Waals surface area contributed by atoms with Gasteiger partial charge < -0.3 is 20.3 Å². The number of urea groups is 1. The van der Waals surface area contributed by atoms with Crippen molar-refractivity contribution in [3.05, 3.63) is 23.8 Å². The van der Waals surface area contributed by atoms with E-state index in [0.29, 0.717) is 6.61 Å². The van der Waals surface area contributed by atoms with Crippen molar-refractivity contribution in [2.45, 2.75) is 19.9 Å². The number of nitrogens with one attached hydrogen (secondary N) is 2. The van der Waals surface area contributed by atoms with Crippen LogP contribution in [-0.4, -0.2) is 50.4 Å². The molecule has 2 rings (SSSR count). The zero-order valence-corrected chi connectivity index (χ0v) is 14.3. The molecule has 5 nitrogen and oxygen atoms in total. The van der Waals surface area contributed by atoms with Crippen LogP contribution in [0.3, 0.4) is 0 Å². The minimum atomic E-state index is -0.199. The van der Waals surface area contributed by atoms with Crippen molar-refractivity contribution < 1.29 is 9.53 Å². The summed E-state index contributed by atoms with van der Waals surface area (Å²) >= 11 is 2.00. The van der Waals surface area contributed by atoms with Gasteiger partial charge in [0.05, 0.1) is 12.6 Å². The van der Waals surface area contributed by atoms with E-state index < -0.39 is 0 Å². The molecule has 1 aliphatic heterocycles. The first-order valence-corrected chi connectivity index (χ1v) is 8.75. The van der Waals surface area contributed by atoms with Crippen LogP contribution in [0, 0.1) is 6.92 Å². The van der Waals surface area contributed by atoms with E-state index >= 15 is 0 Å². The molecule has 0 aromatic heterocycles. The summed E-state index contributed by atoms with van der Waals surface area (Å²) in [6.45, 7) is 6.61. The summed E-state index contributed by atoms with van der Waals surface area (Å²) in [5.74, 6) is 2.36. The number of amides is 2. The average molecular weight is 323 g/mol. The second kappa shape index (κ2) is 8.29. The highest BCUT2D eigenvalue weighted by molar-refractivity contribution is 7.99. The van der Waals surface area contributed by atoms with Gasteiger partial charge >= 0.3 is 6.03 Å². The third-order valence-electron chi connectivity index (χ3n) is 3.63. The van der Waals surface area contributed by atoms with Crippen molar-refractivity contribution in [1.29, 1.82) is 0 Å². The molecular weight excluding hydrogens is 298 g/mol. The zero-order chi connectivity index (χ0) is 15.9. The number of aryl methyl sites for hydroxylation is 1. The molecule has 1 aromatic rings. The van der Waals surface area contributed by atoms with Crippen LogP contribution in [0.15, 0.2) is 18.2 Å². The minimum absolute atomic E-state index is 0.0181. The molecule has 2 amide bonds. The van der Waals surface area contributed by atoms with Gasteiger partial charge in [-0.25, -0.2) is 4.79 Å². The maximum atomic E-state index is 11.9. The Balaban J connectivity index is 1.95. The predicted octanol–water partition coefficient (Wildman–Crippen LogP) is 2.70. The lowest BCUT2D eigenvalue weighted by molar-refractivity contribution is 0.173. The number of hydrogen-bond acceptors (Lipinski definition) is 4. The van der Waals surface area contributed by atoms with Crippen molar-refractivity contribution in [3.8, 4) is 0 Å². The van der Waals surface area contributed by atoms with Crippen LogP contribution in [0.25, 0.3) is 0 Å². The summed E-state index contributed by atoms with van der Waals surface area (Å²) in [7, 11) is 1.62. The highest BCUT2D eigenvalue weighted by Crippen LogP contribution is 2.24. The molecule has 0 spiro atoms. The van der Waals surface area contributed by atoms with E-state index in [2.05, 4.69) is 27.7 Å². The second-order valence-corrected chi connectivity index (χ2v) is 6.78. The molecule has 0 bridgehead atoms. The predicted molar refractivity (Wildman–Crippen MR) is 94.2 cm³/mol. The molecule has 122 valence electrons. The number of anilines is 2. The second-order valence-electron chi connectivity index (χ2n) is 5.55. The normalized spacial score (nSPS) is 16.2. The third kappa shape index (κ3) is 4.81. The fraction of sp³-hybridized carbons (Fsp3) is 0.562. The summed E-state index contributed by atoms with van der Waals surface area (Å²) < 4.78 is 5.01. The van der Waals surface area contributed by atoms with Gasteiger partial charge in [0, 0.05) is 43.1 Å². The SMILES string of the molecule is COC[C@H](C)NC(=O)Nc1ccc(N2CCSCC2)cc1C. The van der Waals surface area contributed by atoms with Crippen molar-refractivity contribution >= 4 is 29.2 Å². The molecule has 0 saturated carbocycles. The summed E-state index contributed by atoms with van der Waals surface area (Å²) in [6, 6.07) is 5.99. The number of carbonyl (C=O) groups is 1. The Morgan fingerprint density at radius 3 is 2.77 bits per heavy atom. The maximum absolute atomic E-state index is 11.9. The van der Waals surface area contributed by atoms with Gasteiger partial charge in [-0.1, -0.05) is 0 Å². The summed E-state index contributed by atoms with van der Waals surface area (Å²) in [6.07, 6.45) is 0. The van der Waals surface area contributed by atoms with Crippen LogP contribution >= 0.6 is 11.8 Å². The summed E-state index contributed by atoms with van der Waals surface area (Å²) in [5, 5.41) is 5.75. The van der Waals surface area contributed by atoms with Crippen LogP contribution in [0.2, 0.25) is 0 Å². The average Bonchev–Trinajstić information content (AvgIpc) is 2.50. The molecule has 0 unspecified atom stereocenters. The van der Waals surface area contributed by atoms with E-state index in [4.69, 9.17) is 4.74 Å². The van der Waals surface area contributed by atoms with E-state index in [1.165, 1.54) is 17.2 Å². The van der Waals surface area contributed by atoms with Crippen molar-refractivity contribution in [2.75, 3.05) is 48.5 Å². The van der Waals surface area contributed by atoms with Gasteiger partial charge in [0.1, 0.15) is 0 Å². The highest BCUT2D eigenvalue weighted by Gasteiger charge is 2.13. The number of hydrogen-bond donors (Lipinski definition) is 2. The van der Waals surface area contributed by atoms with Crippen LogP contribution in [0.1, 0.15) is 12.5 Å². The Bertz CT molecular complexity index is 504. The van der Waals surface area contributed by atoms with E-state index in [9.17, 15) is 4.79 Å². The number of carbonyl (C=O) groups excluding carboxylic acids is 1. The third-order valence-corrected chi connectivity index (χ3v) is 4.57. The molecule has 1 atom stereocenters. The highest BCUT2D eigenvalue weighted by atomic mass is 32.2. The van der Waals surface area contributed by atoms with Crippen molar-refractivity contribution in [2.24, 2.45) is 0 Å². The molecule has 1 saturated heterocycles. The van der Waals surface area contributed by atoms with Crippen LogP contribution in [0.5, 0.6) is 0 Å². The number of nitrogens with zero attached hydrogens (tertiary/aromatic N) is 1. The largest absolute Gasteiger partial charge is 0.383 e. The van der Waals surface area contributed by atoms with E-state index in [0.717, 1.165) is 24.3 Å². The van der Waals surface area contributed by atoms with Crippen LogP contribution in [-0.2, 0) is 4.74 Å². The number of rotatable bonds is 5. The molecule has 0 aliphatic carbocycles. The topological polar surface area (TPSA) is 53.6 Å². The number of ether oxygens (including phenoxy) is 1. The Labute approximate surface area is 136 Å². The minimum Gasteiger partial charge on any atom is -0.383 e. The van der Waals surface area contributed by atoms with E-state index in [1.807, 2.05) is 31.7 Å². The molecule has 1 heterocycles. The number of methoxy groups -OCH3 is 1. The van der Waals surface area contributed by atoms with Crippen LogP contribution in [0.4, 0.5) is 16.2 Å². The van der Waals surface area contributed by atoms with Crippen molar-refractivity contribution in [3.63, 3.8) is 0 Å². The number of benzene rings is 1. The van der Waals surface area contributed by atoms with Gasteiger partial charge in [-0.2, -0.15) is 11.8 Å². The molecule has 22 heavy (non-hydrogen) atoms. The Morgan fingerprint density at radius 2 is 2.14 bits per heavy atom. The van der Waals surface area contributed by atoms with Crippen LogP contribution < -0.4 is 15.5 Å². The lowest BCUT2D eigenvalue weighted by Gasteiger charge is -2.29. The molecule has 0 radical (unpaired) electrons. The van der Waals surface area contributed by atoms with Crippen molar-refractivity contribution in [1.82, 2.24) is 5.32 Å². The molecule has 1 aromatic carbocycles. The summed E-state index contributed by atoms with van der Waals surface area (Å²) in [4.78, 5) is 14.3. The van der Waals surface area contributed by atoms with E-state index in [-0.39, 0.29) is 12.1 Å². The van der Waals surface area contributed by atoms with Gasteiger partial charge in [-0.05, 0) is 37.6 Å². The lowest BCUT2D eigenvalue weighted by Crippen LogP contribution is -2.38. The molecule has 6 heteroatoms. The monoisotopic (exact) mass is 323 g/mol. The zero-order valence-electron chi connectivity index (χ0n) is 13.5. The van der Waals surface area contributed by atoms with Gasteiger partial charge in [0.2, 0.25) is 0 Å². The fourth-order valence-corrected chi connectivity index (χ4v) is 3.38. The molecular formula is C16H25N3O2S. The smallest absolute Gasteiger partial charge is 0.319 e. The number of thioether (sulfide) groups is 1. The Hall–Kier alpha value is -1.40. The molecule has 2 N–H and O–H groups in total. The standard InChI is InChI=1S/C16H25N3O2S/c1-12-10-14(19-6-8-22-9-7-19)4-5-15(12)18-16(20)17-13(2)11-21-3/h4-5,10,13H,6-9,11H2,1-3H3,(H2,17,18,20)/t13-/m0/s1. The first-order valence-electron chi connectivity index (χ1n) is 7.60. The van der Waals surface area contributed by atoms with Gasteiger partial charge in [0.25, 0.3) is 0 Å². The lowest BCUT2D eigenvalue weighted by atomic mass is 10.1. The van der Waals surface area contributed by atoms with Gasteiger partial charge in [-0.3, -0.25) is 0 Å². The fourth-order valence-electron chi connectivity index (χ4n) is 2.48. The molecule has 1 aliphatic rings. The van der Waals surface area contributed by atoms with Gasteiger partial charge in [-0.15, -0.1) is 0 Å². The Morgan fingerprint density at radius 1 is 1.41 bits per heavy atom. The van der Waals surface area contributed by atoms with E-state index in [1.54, 1.807) is 7.11 Å². The quantitative estimate of drug-likeness (QED) is 0.875. The first-order chi connectivity index (χ1) is 10.6.